The molecule has 1 fully saturated rings. The topological polar surface area (TPSA) is 29.5 Å². The molecule has 2 rings (SSSR count). The van der Waals surface area contributed by atoms with E-state index in [2.05, 4.69) is 12.7 Å². The molecule has 2 bridgehead atoms. The third-order valence-corrected chi connectivity index (χ3v) is 5.23. The summed E-state index contributed by atoms with van der Waals surface area (Å²) in [6, 6.07) is 0.626. The first-order chi connectivity index (χ1) is 11.9. The molecule has 2 unspecified atom stereocenters. The van der Waals surface area contributed by atoms with Crippen LogP contribution in [-0.2, 0) is 4.74 Å². The van der Waals surface area contributed by atoms with Gasteiger partial charge in [0.2, 0.25) is 0 Å². The Morgan fingerprint density at radius 3 is 2.52 bits per heavy atom. The molecule has 2 atom stereocenters. The minimum atomic E-state index is -0.411. The second-order valence-corrected chi connectivity index (χ2v) is 8.66. The first kappa shape index (κ1) is 20.1. The summed E-state index contributed by atoms with van der Waals surface area (Å²) in [7, 11) is 0. The molecule has 25 heavy (non-hydrogen) atoms. The molecule has 142 valence electrons. The second kappa shape index (κ2) is 9.45. The van der Waals surface area contributed by atoms with Crippen LogP contribution in [-0.4, -0.2) is 28.7 Å². The van der Waals surface area contributed by atoms with Crippen LogP contribution in [0.15, 0.2) is 24.3 Å². The molecule has 1 amide bonds. The molecular weight excluding hydrogens is 310 g/mol. The maximum atomic E-state index is 12.5. The highest BCUT2D eigenvalue weighted by molar-refractivity contribution is 5.70. The molecular formula is C22H37NO2. The number of fused-ring (bicyclic) bond motifs is 2. The zero-order chi connectivity index (χ0) is 18.3. The van der Waals surface area contributed by atoms with E-state index in [1.807, 2.05) is 31.7 Å². The van der Waals surface area contributed by atoms with E-state index < -0.39 is 5.60 Å². The van der Waals surface area contributed by atoms with E-state index in [1.165, 1.54) is 44.9 Å². The van der Waals surface area contributed by atoms with Crippen LogP contribution < -0.4 is 0 Å². The summed E-state index contributed by atoms with van der Waals surface area (Å²) in [5.41, 5.74) is 1.16. The van der Waals surface area contributed by atoms with Gasteiger partial charge < -0.3 is 4.74 Å². The molecule has 0 N–H and O–H groups in total. The van der Waals surface area contributed by atoms with Gasteiger partial charge in [0.15, 0.2) is 0 Å². The Hall–Kier alpha value is -1.25. The minimum Gasteiger partial charge on any atom is -0.444 e. The summed E-state index contributed by atoms with van der Waals surface area (Å²) in [5, 5.41) is 0. The molecule has 0 saturated carbocycles. The van der Waals surface area contributed by atoms with Crippen molar-refractivity contribution in [1.29, 1.82) is 0 Å². The second-order valence-electron chi connectivity index (χ2n) is 8.66. The van der Waals surface area contributed by atoms with Gasteiger partial charge in [0.05, 0.1) is 6.04 Å². The third kappa shape index (κ3) is 6.52. The lowest BCUT2D eigenvalue weighted by molar-refractivity contribution is 0.0166. The van der Waals surface area contributed by atoms with Crippen molar-refractivity contribution in [3.05, 3.63) is 24.3 Å². The number of unbranched alkanes of at least 4 members (excludes halogenated alkanes) is 6. The van der Waals surface area contributed by atoms with Crippen molar-refractivity contribution < 1.29 is 9.53 Å². The van der Waals surface area contributed by atoms with Crippen molar-refractivity contribution in [2.24, 2.45) is 0 Å². The Balaban J connectivity index is 1.70. The Bertz CT molecular complexity index is 475. The predicted octanol–water partition coefficient (Wildman–Crippen LogP) is 6.39. The highest BCUT2D eigenvalue weighted by Gasteiger charge is 2.41. The lowest BCUT2D eigenvalue weighted by Crippen LogP contribution is -2.45. The standard InChI is InChI=1S/C22H37NO2/c1-5-6-7-8-9-10-11-12-13-18-16-19-14-15-20(17-18)23(19)21(24)25-22(2,3)4/h5,16,19-20H,1,6-15,17H2,2-4H3. The van der Waals surface area contributed by atoms with Crippen molar-refractivity contribution in [2.45, 2.75) is 109 Å². The van der Waals surface area contributed by atoms with E-state index in [1.54, 1.807) is 5.57 Å². The van der Waals surface area contributed by atoms with Crippen LogP contribution in [0.5, 0.6) is 0 Å². The maximum Gasteiger partial charge on any atom is 0.411 e. The van der Waals surface area contributed by atoms with Gasteiger partial charge in [0.1, 0.15) is 5.60 Å². The maximum absolute atomic E-state index is 12.5. The Morgan fingerprint density at radius 2 is 1.88 bits per heavy atom. The van der Waals surface area contributed by atoms with E-state index in [-0.39, 0.29) is 12.1 Å². The van der Waals surface area contributed by atoms with Gasteiger partial charge in [0.25, 0.3) is 0 Å². The van der Waals surface area contributed by atoms with Gasteiger partial charge in [-0.2, -0.15) is 0 Å². The number of rotatable bonds is 9. The monoisotopic (exact) mass is 347 g/mol. The smallest absolute Gasteiger partial charge is 0.411 e. The van der Waals surface area contributed by atoms with Crippen LogP contribution in [0.25, 0.3) is 0 Å². The van der Waals surface area contributed by atoms with E-state index in [4.69, 9.17) is 4.74 Å². The molecule has 2 aliphatic rings. The van der Waals surface area contributed by atoms with Gasteiger partial charge in [-0.3, -0.25) is 4.90 Å². The summed E-state index contributed by atoms with van der Waals surface area (Å²) in [6.07, 6.45) is 17.8. The zero-order valence-corrected chi connectivity index (χ0v) is 16.6. The number of hydrogen-bond donors (Lipinski definition) is 0. The highest BCUT2D eigenvalue weighted by atomic mass is 16.6. The molecule has 1 saturated heterocycles. The molecule has 0 aromatic heterocycles. The Labute approximate surface area is 154 Å². The van der Waals surface area contributed by atoms with E-state index in [9.17, 15) is 4.79 Å². The third-order valence-electron chi connectivity index (χ3n) is 5.23. The quantitative estimate of drug-likeness (QED) is 0.357. The lowest BCUT2D eigenvalue weighted by atomic mass is 9.96. The average Bonchev–Trinajstić information content (AvgIpc) is 2.80. The first-order valence-electron chi connectivity index (χ1n) is 10.2. The molecule has 2 aliphatic heterocycles. The van der Waals surface area contributed by atoms with E-state index >= 15 is 0 Å². The number of ether oxygens (including phenoxy) is 1. The van der Waals surface area contributed by atoms with Crippen LogP contribution in [0, 0.1) is 0 Å². The minimum absolute atomic E-state index is 0.130. The van der Waals surface area contributed by atoms with Gasteiger partial charge >= 0.3 is 6.09 Å². The van der Waals surface area contributed by atoms with Gasteiger partial charge in [-0.1, -0.05) is 43.4 Å². The fourth-order valence-corrected chi connectivity index (χ4v) is 4.05. The number of allylic oxidation sites excluding steroid dienone is 1. The molecule has 0 aromatic carbocycles. The molecule has 0 radical (unpaired) electrons. The van der Waals surface area contributed by atoms with Gasteiger partial charge in [-0.25, -0.2) is 4.79 Å². The first-order valence-corrected chi connectivity index (χ1v) is 10.2. The summed E-state index contributed by atoms with van der Waals surface area (Å²) in [5.74, 6) is 0. The number of carbonyl (C=O) groups excluding carboxylic acids is 1. The molecule has 3 nitrogen and oxygen atoms in total. The molecule has 0 aromatic rings. The van der Waals surface area contributed by atoms with Gasteiger partial charge in [-0.15, -0.1) is 6.58 Å². The fourth-order valence-electron chi connectivity index (χ4n) is 4.05. The van der Waals surface area contributed by atoms with Crippen molar-refractivity contribution in [3.63, 3.8) is 0 Å². The number of hydrogen-bond acceptors (Lipinski definition) is 2. The predicted molar refractivity (Wildman–Crippen MR) is 105 cm³/mol. The van der Waals surface area contributed by atoms with Gasteiger partial charge in [-0.05, 0) is 65.7 Å². The normalized spacial score (nSPS) is 22.7. The van der Waals surface area contributed by atoms with Crippen molar-refractivity contribution in [1.82, 2.24) is 4.90 Å². The molecule has 0 spiro atoms. The summed E-state index contributed by atoms with van der Waals surface area (Å²) in [4.78, 5) is 14.5. The summed E-state index contributed by atoms with van der Waals surface area (Å²) in [6.45, 7) is 9.59. The van der Waals surface area contributed by atoms with Crippen LogP contribution in [0.3, 0.4) is 0 Å². The van der Waals surface area contributed by atoms with Crippen molar-refractivity contribution in [3.8, 4) is 0 Å². The number of carbonyl (C=O) groups is 1. The van der Waals surface area contributed by atoms with E-state index in [0.717, 1.165) is 25.7 Å². The van der Waals surface area contributed by atoms with Crippen molar-refractivity contribution in [2.75, 3.05) is 0 Å². The summed E-state index contributed by atoms with van der Waals surface area (Å²) < 4.78 is 5.60. The lowest BCUT2D eigenvalue weighted by Gasteiger charge is -2.35. The van der Waals surface area contributed by atoms with Crippen LogP contribution in [0.1, 0.15) is 91.4 Å². The van der Waals surface area contributed by atoms with Crippen LogP contribution in [0.4, 0.5) is 4.79 Å². The largest absolute Gasteiger partial charge is 0.444 e. The molecule has 0 aliphatic carbocycles. The van der Waals surface area contributed by atoms with Crippen LogP contribution in [0.2, 0.25) is 0 Å². The SMILES string of the molecule is C=CCCCCCCCCC1=CC2CCC(C1)N2C(=O)OC(C)(C)C. The number of amides is 1. The number of nitrogens with zero attached hydrogens (tertiary/aromatic N) is 1. The average molecular weight is 348 g/mol. The molecule has 2 heterocycles. The Kier molecular flexibility index (Phi) is 7.58. The molecule has 3 heteroatoms. The van der Waals surface area contributed by atoms with Gasteiger partial charge in [0, 0.05) is 6.04 Å². The van der Waals surface area contributed by atoms with Crippen molar-refractivity contribution >= 4 is 6.09 Å². The zero-order valence-electron chi connectivity index (χ0n) is 16.6. The highest BCUT2D eigenvalue weighted by Crippen LogP contribution is 2.37. The fraction of sp³-hybridized carbons (Fsp3) is 0.773. The summed E-state index contributed by atoms with van der Waals surface area (Å²) >= 11 is 0. The Morgan fingerprint density at radius 1 is 1.20 bits per heavy atom. The van der Waals surface area contributed by atoms with Crippen LogP contribution >= 0.6 is 0 Å². The van der Waals surface area contributed by atoms with E-state index in [0.29, 0.717) is 6.04 Å².